The number of nitrogens with zero attached hydrogens (tertiary/aromatic N) is 1. The molecular weight excluding hydrogens is 232 g/mol. The van der Waals surface area contributed by atoms with E-state index in [-0.39, 0.29) is 5.91 Å². The van der Waals surface area contributed by atoms with Crippen LogP contribution in [0, 0.1) is 5.41 Å². The van der Waals surface area contributed by atoms with Gasteiger partial charge in [0.15, 0.2) is 6.29 Å². The first-order valence-electron chi connectivity index (χ1n) is 5.71. The zero-order valence-electron chi connectivity index (χ0n) is 11.5. The van der Waals surface area contributed by atoms with Crippen molar-refractivity contribution in [2.24, 2.45) is 5.41 Å². The largest absolute Gasteiger partial charge is 0.352 e. The highest BCUT2D eigenvalue weighted by molar-refractivity contribution is 5.93. The lowest BCUT2D eigenvalue weighted by molar-refractivity contribution is -0.123. The summed E-state index contributed by atoms with van der Waals surface area (Å²) >= 11 is 0. The Bertz CT molecular complexity index is 392. The first-order valence-corrected chi connectivity index (χ1v) is 5.71. The fourth-order valence-corrected chi connectivity index (χ4v) is 1.29. The molecule has 100 valence electrons. The summed E-state index contributed by atoms with van der Waals surface area (Å²) in [5.41, 5.74) is 0.357. The molecule has 0 unspecified atom stereocenters. The molecule has 0 aliphatic carbocycles. The molecule has 1 amide bonds. The summed E-state index contributed by atoms with van der Waals surface area (Å²) in [6.07, 6.45) is 1.18. The number of nitrogens with one attached hydrogen (secondary N) is 1. The summed E-state index contributed by atoms with van der Waals surface area (Å²) in [4.78, 5) is 15.9. The lowest BCUT2D eigenvalue weighted by Crippen LogP contribution is -2.28. The Labute approximate surface area is 108 Å². The number of hydrogen-bond acceptors (Lipinski definition) is 4. The fourth-order valence-electron chi connectivity index (χ4n) is 1.29. The Kier molecular flexibility index (Phi) is 4.81. The Balaban J connectivity index is 2.75. The van der Waals surface area contributed by atoms with Crippen LogP contribution in [0.3, 0.4) is 0 Å². The molecule has 1 rings (SSSR count). The second kappa shape index (κ2) is 5.93. The molecule has 0 radical (unpaired) electrons. The van der Waals surface area contributed by atoms with Crippen LogP contribution in [-0.4, -0.2) is 25.1 Å². The minimum Gasteiger partial charge on any atom is -0.352 e. The summed E-state index contributed by atoms with van der Waals surface area (Å²) in [6, 6.07) is 3.53. The van der Waals surface area contributed by atoms with Crippen molar-refractivity contribution < 1.29 is 14.3 Å². The van der Waals surface area contributed by atoms with Crippen LogP contribution in [0.1, 0.15) is 32.6 Å². The minimum absolute atomic E-state index is 0.0715. The van der Waals surface area contributed by atoms with Crippen molar-refractivity contribution in [2.45, 2.75) is 27.1 Å². The summed E-state index contributed by atoms with van der Waals surface area (Å²) in [7, 11) is 3.12. The average Bonchev–Trinajstić information content (AvgIpc) is 2.31. The maximum Gasteiger partial charge on any atom is 0.230 e. The van der Waals surface area contributed by atoms with Crippen molar-refractivity contribution >= 4 is 11.7 Å². The van der Waals surface area contributed by atoms with Crippen molar-refractivity contribution in [1.82, 2.24) is 4.98 Å². The number of aromatic nitrogens is 1. The van der Waals surface area contributed by atoms with E-state index < -0.39 is 11.7 Å². The summed E-state index contributed by atoms with van der Waals surface area (Å²) in [5, 5.41) is 2.75. The van der Waals surface area contributed by atoms with E-state index in [0.29, 0.717) is 5.82 Å². The van der Waals surface area contributed by atoms with E-state index in [1.807, 2.05) is 26.8 Å². The molecule has 18 heavy (non-hydrogen) atoms. The molecule has 5 nitrogen and oxygen atoms in total. The number of pyridine rings is 1. The van der Waals surface area contributed by atoms with Crippen LogP contribution in [0.2, 0.25) is 0 Å². The molecule has 1 aromatic heterocycles. The topological polar surface area (TPSA) is 60.5 Å². The first kappa shape index (κ1) is 14.6. The SMILES string of the molecule is COC(OC)c1ccc(NC(=O)C(C)(C)C)nc1. The van der Waals surface area contributed by atoms with Gasteiger partial charge in [-0.3, -0.25) is 4.79 Å². The van der Waals surface area contributed by atoms with Crippen LogP contribution >= 0.6 is 0 Å². The Morgan fingerprint density at radius 3 is 2.28 bits per heavy atom. The van der Waals surface area contributed by atoms with E-state index in [1.54, 1.807) is 26.5 Å². The standard InChI is InChI=1S/C13H20N2O3/c1-13(2,3)12(16)15-10-7-6-9(8-14-10)11(17-4)18-5/h6-8,11H,1-5H3,(H,14,15,16). The zero-order valence-corrected chi connectivity index (χ0v) is 11.5. The highest BCUT2D eigenvalue weighted by Gasteiger charge is 2.21. The number of anilines is 1. The quantitative estimate of drug-likeness (QED) is 0.836. The second-order valence-electron chi connectivity index (χ2n) is 4.98. The average molecular weight is 252 g/mol. The third-order valence-electron chi connectivity index (χ3n) is 2.41. The molecule has 1 heterocycles. The molecule has 0 saturated carbocycles. The van der Waals surface area contributed by atoms with Crippen LogP contribution in [0.15, 0.2) is 18.3 Å². The van der Waals surface area contributed by atoms with Crippen LogP contribution in [0.4, 0.5) is 5.82 Å². The predicted octanol–water partition coefficient (Wildman–Crippen LogP) is 2.36. The van der Waals surface area contributed by atoms with Crippen LogP contribution in [-0.2, 0) is 14.3 Å². The van der Waals surface area contributed by atoms with Gasteiger partial charge < -0.3 is 14.8 Å². The van der Waals surface area contributed by atoms with E-state index >= 15 is 0 Å². The smallest absolute Gasteiger partial charge is 0.230 e. The number of ether oxygens (including phenoxy) is 2. The molecule has 0 atom stereocenters. The predicted molar refractivity (Wildman–Crippen MR) is 69.1 cm³/mol. The van der Waals surface area contributed by atoms with E-state index in [9.17, 15) is 4.79 Å². The van der Waals surface area contributed by atoms with E-state index in [1.165, 1.54) is 0 Å². The van der Waals surface area contributed by atoms with Gasteiger partial charge in [0.05, 0.1) is 0 Å². The zero-order chi connectivity index (χ0) is 13.8. The molecule has 0 aliphatic rings. The number of methoxy groups -OCH3 is 2. The van der Waals surface area contributed by atoms with Gasteiger partial charge in [0, 0.05) is 31.4 Å². The van der Waals surface area contributed by atoms with E-state index in [4.69, 9.17) is 9.47 Å². The summed E-state index contributed by atoms with van der Waals surface area (Å²) in [6.45, 7) is 5.55. The molecule has 1 aromatic rings. The third kappa shape index (κ3) is 3.78. The van der Waals surface area contributed by atoms with Crippen LogP contribution in [0.5, 0.6) is 0 Å². The van der Waals surface area contributed by atoms with Crippen LogP contribution in [0.25, 0.3) is 0 Å². The van der Waals surface area contributed by atoms with Gasteiger partial charge in [-0.05, 0) is 12.1 Å². The highest BCUT2D eigenvalue weighted by atomic mass is 16.7. The van der Waals surface area contributed by atoms with Gasteiger partial charge in [-0.2, -0.15) is 0 Å². The van der Waals surface area contributed by atoms with E-state index in [0.717, 1.165) is 5.56 Å². The number of amides is 1. The number of hydrogen-bond donors (Lipinski definition) is 1. The molecule has 5 heteroatoms. The number of carbonyl (C=O) groups is 1. The molecule has 0 aromatic carbocycles. The van der Waals surface area contributed by atoms with Gasteiger partial charge >= 0.3 is 0 Å². The second-order valence-corrected chi connectivity index (χ2v) is 4.98. The third-order valence-corrected chi connectivity index (χ3v) is 2.41. The Morgan fingerprint density at radius 2 is 1.89 bits per heavy atom. The van der Waals surface area contributed by atoms with Crippen molar-refractivity contribution in [3.8, 4) is 0 Å². The molecule has 1 N–H and O–H groups in total. The molecule has 0 spiro atoms. The lowest BCUT2D eigenvalue weighted by atomic mass is 9.96. The van der Waals surface area contributed by atoms with E-state index in [2.05, 4.69) is 10.3 Å². The lowest BCUT2D eigenvalue weighted by Gasteiger charge is -2.18. The van der Waals surface area contributed by atoms with Gasteiger partial charge in [0.25, 0.3) is 0 Å². The number of carbonyl (C=O) groups excluding carboxylic acids is 1. The van der Waals surface area contributed by atoms with Crippen molar-refractivity contribution in [3.05, 3.63) is 23.9 Å². The molecule has 0 saturated heterocycles. The molecule has 0 aliphatic heterocycles. The Hall–Kier alpha value is -1.46. The normalized spacial score (nSPS) is 11.7. The van der Waals surface area contributed by atoms with Gasteiger partial charge in [0.2, 0.25) is 5.91 Å². The van der Waals surface area contributed by atoms with Crippen molar-refractivity contribution in [2.75, 3.05) is 19.5 Å². The van der Waals surface area contributed by atoms with Crippen molar-refractivity contribution in [1.29, 1.82) is 0 Å². The fraction of sp³-hybridized carbons (Fsp3) is 0.538. The molecule has 0 bridgehead atoms. The van der Waals surface area contributed by atoms with Gasteiger partial charge in [-0.25, -0.2) is 4.98 Å². The van der Waals surface area contributed by atoms with Crippen LogP contribution < -0.4 is 5.32 Å². The highest BCUT2D eigenvalue weighted by Crippen LogP contribution is 2.19. The maximum absolute atomic E-state index is 11.8. The summed E-state index contributed by atoms with van der Waals surface area (Å²) in [5.74, 6) is 0.447. The Morgan fingerprint density at radius 1 is 1.28 bits per heavy atom. The van der Waals surface area contributed by atoms with Gasteiger partial charge in [-0.1, -0.05) is 20.8 Å². The number of rotatable bonds is 4. The van der Waals surface area contributed by atoms with Gasteiger partial charge in [0.1, 0.15) is 5.82 Å². The monoisotopic (exact) mass is 252 g/mol. The van der Waals surface area contributed by atoms with Gasteiger partial charge in [-0.15, -0.1) is 0 Å². The first-order chi connectivity index (χ1) is 8.38. The molecular formula is C13H20N2O3. The minimum atomic E-state index is -0.443. The molecule has 0 fully saturated rings. The van der Waals surface area contributed by atoms with Crippen molar-refractivity contribution in [3.63, 3.8) is 0 Å². The summed E-state index contributed by atoms with van der Waals surface area (Å²) < 4.78 is 10.2. The maximum atomic E-state index is 11.8.